The molecule has 0 aliphatic carbocycles. The molecule has 1 aromatic heterocycles. The summed E-state index contributed by atoms with van der Waals surface area (Å²) in [6, 6.07) is 4.70. The number of nitrogens with one attached hydrogen (secondary N) is 1. The summed E-state index contributed by atoms with van der Waals surface area (Å²) in [7, 11) is 0. The highest BCUT2D eigenvalue weighted by Gasteiger charge is 2.49. The Morgan fingerprint density at radius 1 is 1.27 bits per heavy atom. The van der Waals surface area contributed by atoms with Crippen molar-refractivity contribution in [2.75, 3.05) is 6.79 Å². The second-order valence-corrected chi connectivity index (χ2v) is 6.33. The van der Waals surface area contributed by atoms with E-state index in [-0.39, 0.29) is 19.2 Å². The molecule has 1 atom stereocenters. The highest BCUT2D eigenvalue weighted by molar-refractivity contribution is 6.07. The molecule has 136 valence electrons. The van der Waals surface area contributed by atoms with Gasteiger partial charge in [0.25, 0.3) is 5.91 Å². The van der Waals surface area contributed by atoms with E-state index in [0.717, 1.165) is 11.3 Å². The van der Waals surface area contributed by atoms with Crippen molar-refractivity contribution in [1.82, 2.24) is 30.4 Å². The summed E-state index contributed by atoms with van der Waals surface area (Å²) in [5.41, 5.74) is -0.572. The molecule has 10 heteroatoms. The van der Waals surface area contributed by atoms with Crippen molar-refractivity contribution in [3.05, 3.63) is 29.6 Å². The van der Waals surface area contributed by atoms with E-state index in [0.29, 0.717) is 29.4 Å². The lowest BCUT2D eigenvalue weighted by molar-refractivity contribution is -0.131. The number of imide groups is 1. The molecular weight excluding hydrogens is 340 g/mol. The van der Waals surface area contributed by atoms with Crippen LogP contribution in [0.3, 0.4) is 0 Å². The second kappa shape index (κ2) is 5.97. The molecule has 2 aliphatic rings. The highest BCUT2D eigenvalue weighted by Crippen LogP contribution is 2.38. The molecule has 0 unspecified atom stereocenters. The number of nitrogens with zero attached hydrogens (tertiary/aromatic N) is 5. The lowest BCUT2D eigenvalue weighted by Crippen LogP contribution is -2.40. The van der Waals surface area contributed by atoms with Gasteiger partial charge in [-0.3, -0.25) is 9.69 Å². The van der Waals surface area contributed by atoms with Crippen molar-refractivity contribution in [3.8, 4) is 11.5 Å². The first-order chi connectivity index (χ1) is 12.5. The van der Waals surface area contributed by atoms with Crippen LogP contribution in [0.2, 0.25) is 0 Å². The van der Waals surface area contributed by atoms with Crippen molar-refractivity contribution in [2.24, 2.45) is 0 Å². The third kappa shape index (κ3) is 2.45. The number of hydrogen-bond acceptors (Lipinski definition) is 7. The number of aromatic nitrogens is 4. The van der Waals surface area contributed by atoms with Crippen LogP contribution in [0.15, 0.2) is 18.2 Å². The number of ether oxygens (including phenoxy) is 2. The molecule has 2 aromatic rings. The molecule has 0 radical (unpaired) electrons. The number of fused-ring (bicyclic) bond motifs is 1. The monoisotopic (exact) mass is 358 g/mol. The van der Waals surface area contributed by atoms with Crippen LogP contribution in [-0.4, -0.2) is 43.8 Å². The molecule has 4 rings (SSSR count). The minimum atomic E-state index is -1.19. The molecule has 10 nitrogen and oxygen atoms in total. The largest absolute Gasteiger partial charge is 0.454 e. The number of amides is 3. The summed E-state index contributed by atoms with van der Waals surface area (Å²) in [6.07, 6.45) is 0.840. The minimum absolute atomic E-state index is 0.0117. The molecular formula is C16H18N6O4. The van der Waals surface area contributed by atoms with Gasteiger partial charge >= 0.3 is 6.03 Å². The number of carbonyl (C=O) groups is 2. The minimum Gasteiger partial charge on any atom is -0.454 e. The van der Waals surface area contributed by atoms with E-state index in [4.69, 9.17) is 9.47 Å². The maximum Gasteiger partial charge on any atom is 0.325 e. The Balaban J connectivity index is 1.61. The van der Waals surface area contributed by atoms with Gasteiger partial charge in [0.15, 0.2) is 17.3 Å². The summed E-state index contributed by atoms with van der Waals surface area (Å²) in [4.78, 5) is 26.6. The number of hydrogen-bond donors (Lipinski definition) is 1. The first kappa shape index (κ1) is 16.3. The Kier molecular flexibility index (Phi) is 3.74. The predicted molar refractivity (Wildman–Crippen MR) is 87.1 cm³/mol. The Bertz CT molecular complexity index is 881. The molecule has 3 heterocycles. The number of aryl methyl sites for hydroxylation is 1. The van der Waals surface area contributed by atoms with Gasteiger partial charge in [-0.1, -0.05) is 13.0 Å². The Morgan fingerprint density at radius 2 is 2.08 bits per heavy atom. The van der Waals surface area contributed by atoms with Gasteiger partial charge in [0, 0.05) is 6.54 Å². The summed E-state index contributed by atoms with van der Waals surface area (Å²) in [5, 5.41) is 14.2. The predicted octanol–water partition coefficient (Wildman–Crippen LogP) is 0.779. The molecule has 1 saturated heterocycles. The zero-order valence-electron chi connectivity index (χ0n) is 14.4. The summed E-state index contributed by atoms with van der Waals surface area (Å²) < 4.78 is 12.3. The van der Waals surface area contributed by atoms with Gasteiger partial charge < -0.3 is 14.8 Å². The molecule has 1 fully saturated rings. The Hall–Kier alpha value is -3.17. The van der Waals surface area contributed by atoms with Gasteiger partial charge in [0.2, 0.25) is 6.79 Å². The average molecular weight is 358 g/mol. The van der Waals surface area contributed by atoms with Crippen LogP contribution in [-0.2, 0) is 23.4 Å². The van der Waals surface area contributed by atoms with Gasteiger partial charge in [-0.05, 0) is 41.5 Å². The smallest absolute Gasteiger partial charge is 0.325 e. The first-order valence-corrected chi connectivity index (χ1v) is 8.32. The van der Waals surface area contributed by atoms with E-state index >= 15 is 0 Å². The van der Waals surface area contributed by atoms with Crippen molar-refractivity contribution in [3.63, 3.8) is 0 Å². The fourth-order valence-corrected chi connectivity index (χ4v) is 3.11. The SMILES string of the molecule is CCCn1nnnc1CN1C(=O)N[C@](C)(c2ccc3c(c2)OCO3)C1=O. The van der Waals surface area contributed by atoms with Crippen molar-refractivity contribution >= 4 is 11.9 Å². The summed E-state index contributed by atoms with van der Waals surface area (Å²) in [5.74, 6) is 1.26. The number of tetrazole rings is 1. The fraction of sp³-hybridized carbons (Fsp3) is 0.438. The molecule has 0 spiro atoms. The zero-order chi connectivity index (χ0) is 18.3. The number of urea groups is 1. The van der Waals surface area contributed by atoms with Crippen LogP contribution in [0.25, 0.3) is 0 Å². The number of carbonyl (C=O) groups excluding carboxylic acids is 2. The molecule has 0 saturated carbocycles. The highest BCUT2D eigenvalue weighted by atomic mass is 16.7. The van der Waals surface area contributed by atoms with E-state index in [1.807, 2.05) is 6.92 Å². The third-order valence-electron chi connectivity index (χ3n) is 4.57. The van der Waals surface area contributed by atoms with Crippen molar-refractivity contribution < 1.29 is 19.1 Å². The lowest BCUT2D eigenvalue weighted by Gasteiger charge is -2.22. The van der Waals surface area contributed by atoms with Crippen LogP contribution in [0, 0.1) is 0 Å². The normalized spacial score (nSPS) is 21.4. The molecule has 3 amide bonds. The topological polar surface area (TPSA) is 111 Å². The standard InChI is InChI=1S/C16H18N6O4/c1-3-6-22-13(18-19-20-22)8-21-14(23)16(2,17-15(21)24)10-4-5-11-12(7-10)26-9-25-11/h4-5,7H,3,6,8-9H2,1-2H3,(H,17,24)/t16-/m1/s1. The Morgan fingerprint density at radius 3 is 2.88 bits per heavy atom. The Labute approximate surface area is 149 Å². The van der Waals surface area contributed by atoms with Gasteiger partial charge in [-0.15, -0.1) is 5.10 Å². The van der Waals surface area contributed by atoms with E-state index in [1.54, 1.807) is 29.8 Å². The fourth-order valence-electron chi connectivity index (χ4n) is 3.11. The van der Waals surface area contributed by atoms with E-state index in [9.17, 15) is 9.59 Å². The van der Waals surface area contributed by atoms with Gasteiger partial charge in [-0.25, -0.2) is 9.48 Å². The maximum absolute atomic E-state index is 13.0. The first-order valence-electron chi connectivity index (χ1n) is 8.32. The molecule has 0 bridgehead atoms. The molecule has 1 aromatic carbocycles. The average Bonchev–Trinajstić information content (AvgIpc) is 3.31. The molecule has 26 heavy (non-hydrogen) atoms. The molecule has 2 aliphatic heterocycles. The molecule has 1 N–H and O–H groups in total. The van der Waals surface area contributed by atoms with Gasteiger partial charge in [0.05, 0.1) is 6.54 Å². The van der Waals surface area contributed by atoms with Gasteiger partial charge in [-0.2, -0.15) is 0 Å². The second-order valence-electron chi connectivity index (χ2n) is 6.33. The summed E-state index contributed by atoms with van der Waals surface area (Å²) >= 11 is 0. The van der Waals surface area contributed by atoms with Crippen LogP contribution < -0.4 is 14.8 Å². The van der Waals surface area contributed by atoms with Gasteiger partial charge in [0.1, 0.15) is 5.54 Å². The lowest BCUT2D eigenvalue weighted by atomic mass is 9.91. The van der Waals surface area contributed by atoms with Crippen LogP contribution in [0.5, 0.6) is 11.5 Å². The van der Waals surface area contributed by atoms with Crippen LogP contribution in [0.4, 0.5) is 4.79 Å². The summed E-state index contributed by atoms with van der Waals surface area (Å²) in [6.45, 7) is 4.43. The quantitative estimate of drug-likeness (QED) is 0.786. The number of rotatable bonds is 5. The number of benzene rings is 1. The van der Waals surface area contributed by atoms with Crippen molar-refractivity contribution in [1.29, 1.82) is 0 Å². The van der Waals surface area contributed by atoms with Crippen LogP contribution in [0.1, 0.15) is 31.7 Å². The van der Waals surface area contributed by atoms with Crippen LogP contribution >= 0.6 is 0 Å². The van der Waals surface area contributed by atoms with Crippen molar-refractivity contribution in [2.45, 2.75) is 38.9 Å². The zero-order valence-corrected chi connectivity index (χ0v) is 14.4. The maximum atomic E-state index is 13.0. The third-order valence-corrected chi connectivity index (χ3v) is 4.57. The van der Waals surface area contributed by atoms with E-state index < -0.39 is 11.6 Å². The van der Waals surface area contributed by atoms with E-state index in [1.165, 1.54) is 0 Å². The van der Waals surface area contributed by atoms with E-state index in [2.05, 4.69) is 20.8 Å².